The lowest BCUT2D eigenvalue weighted by Gasteiger charge is -2.24. The van der Waals surface area contributed by atoms with E-state index < -0.39 is 0 Å². The third kappa shape index (κ3) is 2.35. The summed E-state index contributed by atoms with van der Waals surface area (Å²) in [6, 6.07) is 0. The first-order valence-corrected chi connectivity index (χ1v) is 5.80. The predicted molar refractivity (Wildman–Crippen MR) is 59.2 cm³/mol. The Balaban J connectivity index is 2.09. The van der Waals surface area contributed by atoms with Gasteiger partial charge in [0.15, 0.2) is 0 Å². The summed E-state index contributed by atoms with van der Waals surface area (Å²) in [6.07, 6.45) is 2.99. The van der Waals surface area contributed by atoms with Gasteiger partial charge in [-0.25, -0.2) is 0 Å². The van der Waals surface area contributed by atoms with E-state index in [-0.39, 0.29) is 5.91 Å². The van der Waals surface area contributed by atoms with E-state index >= 15 is 0 Å². The van der Waals surface area contributed by atoms with Crippen molar-refractivity contribution < 1.29 is 4.79 Å². The summed E-state index contributed by atoms with van der Waals surface area (Å²) in [5.74, 6) is -0.0804. The Morgan fingerprint density at radius 1 is 1.60 bits per heavy atom. The van der Waals surface area contributed by atoms with Crippen LogP contribution in [0.15, 0.2) is 11.6 Å². The highest BCUT2D eigenvalue weighted by molar-refractivity contribution is 7.17. The van der Waals surface area contributed by atoms with Crippen molar-refractivity contribution in [2.24, 2.45) is 0 Å². The SMILES string of the molecule is CC1=CCN(C(=O)c2nnc(Cl)s2)CC1. The molecule has 2 heterocycles. The molecule has 0 fully saturated rings. The summed E-state index contributed by atoms with van der Waals surface area (Å²) in [5, 5.41) is 7.72. The third-order valence-electron chi connectivity index (χ3n) is 2.31. The average molecular weight is 244 g/mol. The fourth-order valence-electron chi connectivity index (χ4n) is 1.38. The van der Waals surface area contributed by atoms with E-state index in [0.29, 0.717) is 16.0 Å². The molecule has 15 heavy (non-hydrogen) atoms. The Morgan fingerprint density at radius 3 is 2.93 bits per heavy atom. The van der Waals surface area contributed by atoms with Crippen LogP contribution in [0, 0.1) is 0 Å². The Hall–Kier alpha value is -0.940. The van der Waals surface area contributed by atoms with E-state index in [0.717, 1.165) is 24.3 Å². The quantitative estimate of drug-likeness (QED) is 0.709. The molecular weight excluding hydrogens is 234 g/mol. The van der Waals surface area contributed by atoms with Crippen LogP contribution >= 0.6 is 22.9 Å². The number of hydrogen-bond acceptors (Lipinski definition) is 4. The molecule has 0 saturated heterocycles. The molecule has 0 atom stereocenters. The maximum absolute atomic E-state index is 11.9. The number of rotatable bonds is 1. The van der Waals surface area contributed by atoms with E-state index in [4.69, 9.17) is 11.6 Å². The van der Waals surface area contributed by atoms with Gasteiger partial charge in [-0.15, -0.1) is 10.2 Å². The largest absolute Gasteiger partial charge is 0.332 e. The summed E-state index contributed by atoms with van der Waals surface area (Å²) in [6.45, 7) is 3.48. The van der Waals surface area contributed by atoms with Gasteiger partial charge in [-0.05, 0) is 24.9 Å². The van der Waals surface area contributed by atoms with Gasteiger partial charge in [0.1, 0.15) is 0 Å². The highest BCUT2D eigenvalue weighted by Crippen LogP contribution is 2.18. The summed E-state index contributed by atoms with van der Waals surface area (Å²) < 4.78 is 0.307. The molecule has 1 aromatic heterocycles. The van der Waals surface area contributed by atoms with Crippen LogP contribution < -0.4 is 0 Å². The van der Waals surface area contributed by atoms with Gasteiger partial charge in [-0.1, -0.05) is 23.0 Å². The van der Waals surface area contributed by atoms with Gasteiger partial charge in [-0.3, -0.25) is 4.79 Å². The van der Waals surface area contributed by atoms with Gasteiger partial charge in [0, 0.05) is 13.1 Å². The molecule has 0 aromatic carbocycles. The summed E-state index contributed by atoms with van der Waals surface area (Å²) in [7, 11) is 0. The molecule has 0 unspecified atom stereocenters. The Bertz CT molecular complexity index is 415. The average Bonchev–Trinajstić information content (AvgIpc) is 2.65. The van der Waals surface area contributed by atoms with Gasteiger partial charge in [0.2, 0.25) is 9.47 Å². The molecular formula is C9H10ClN3OS. The van der Waals surface area contributed by atoms with Crippen molar-refractivity contribution in [2.75, 3.05) is 13.1 Å². The predicted octanol–water partition coefficient (Wildman–Crippen LogP) is 1.98. The molecule has 4 nitrogen and oxygen atoms in total. The normalized spacial score (nSPS) is 16.4. The number of carbonyl (C=O) groups is 1. The van der Waals surface area contributed by atoms with Crippen molar-refractivity contribution >= 4 is 28.8 Å². The molecule has 0 aliphatic carbocycles. The van der Waals surface area contributed by atoms with Gasteiger partial charge >= 0.3 is 0 Å². The maximum atomic E-state index is 11.9. The third-order valence-corrected chi connectivity index (χ3v) is 3.31. The van der Waals surface area contributed by atoms with E-state index in [1.165, 1.54) is 5.57 Å². The van der Waals surface area contributed by atoms with Gasteiger partial charge in [0.25, 0.3) is 5.91 Å². The lowest BCUT2D eigenvalue weighted by Crippen LogP contribution is -2.34. The van der Waals surface area contributed by atoms with Gasteiger partial charge in [0.05, 0.1) is 0 Å². The Labute approximate surface area is 96.6 Å². The molecule has 0 saturated carbocycles. The summed E-state index contributed by atoms with van der Waals surface area (Å²) >= 11 is 6.75. The zero-order chi connectivity index (χ0) is 10.8. The number of nitrogens with zero attached hydrogens (tertiary/aromatic N) is 3. The van der Waals surface area contributed by atoms with Crippen LogP contribution in [0.3, 0.4) is 0 Å². The first kappa shape index (κ1) is 10.6. The van der Waals surface area contributed by atoms with Crippen LogP contribution in [0.1, 0.15) is 23.1 Å². The molecule has 2 rings (SSSR count). The van der Waals surface area contributed by atoms with Crippen LogP contribution in [0.25, 0.3) is 0 Å². The fourth-order valence-corrected chi connectivity index (χ4v) is 2.18. The van der Waals surface area contributed by atoms with Crippen molar-refractivity contribution in [3.63, 3.8) is 0 Å². The van der Waals surface area contributed by atoms with Crippen molar-refractivity contribution in [1.29, 1.82) is 0 Å². The lowest BCUT2D eigenvalue weighted by molar-refractivity contribution is 0.0768. The van der Waals surface area contributed by atoms with Gasteiger partial charge < -0.3 is 4.90 Å². The first-order chi connectivity index (χ1) is 7.16. The van der Waals surface area contributed by atoms with E-state index in [1.54, 1.807) is 4.90 Å². The number of amides is 1. The second-order valence-electron chi connectivity index (χ2n) is 3.41. The van der Waals surface area contributed by atoms with Crippen LogP contribution in [0.5, 0.6) is 0 Å². The summed E-state index contributed by atoms with van der Waals surface area (Å²) in [5.41, 5.74) is 1.33. The molecule has 1 aliphatic heterocycles. The fraction of sp³-hybridized carbons (Fsp3) is 0.444. The molecule has 80 valence electrons. The smallest absolute Gasteiger partial charge is 0.285 e. The number of carbonyl (C=O) groups excluding carboxylic acids is 1. The second-order valence-corrected chi connectivity index (χ2v) is 4.97. The zero-order valence-corrected chi connectivity index (χ0v) is 9.81. The highest BCUT2D eigenvalue weighted by atomic mass is 35.5. The number of aromatic nitrogens is 2. The lowest BCUT2D eigenvalue weighted by atomic mass is 10.1. The Morgan fingerprint density at radius 2 is 2.40 bits per heavy atom. The minimum atomic E-state index is -0.0804. The maximum Gasteiger partial charge on any atom is 0.285 e. The van der Waals surface area contributed by atoms with Crippen LogP contribution in [0.4, 0.5) is 0 Å². The number of halogens is 1. The van der Waals surface area contributed by atoms with Gasteiger partial charge in [-0.2, -0.15) is 0 Å². The first-order valence-electron chi connectivity index (χ1n) is 4.61. The standard InChI is InChI=1S/C9H10ClN3OS/c1-6-2-4-13(5-3-6)8(14)7-11-12-9(10)15-7/h2H,3-5H2,1H3. The number of hydrogen-bond donors (Lipinski definition) is 0. The monoisotopic (exact) mass is 243 g/mol. The molecule has 0 radical (unpaired) electrons. The van der Waals surface area contributed by atoms with Crippen LogP contribution in [-0.4, -0.2) is 34.1 Å². The molecule has 1 aliphatic rings. The van der Waals surface area contributed by atoms with Crippen molar-refractivity contribution in [2.45, 2.75) is 13.3 Å². The van der Waals surface area contributed by atoms with E-state index in [2.05, 4.69) is 23.2 Å². The summed E-state index contributed by atoms with van der Waals surface area (Å²) in [4.78, 5) is 13.6. The highest BCUT2D eigenvalue weighted by Gasteiger charge is 2.20. The van der Waals surface area contributed by atoms with E-state index in [1.807, 2.05) is 0 Å². The van der Waals surface area contributed by atoms with Crippen LogP contribution in [0.2, 0.25) is 4.47 Å². The van der Waals surface area contributed by atoms with Crippen LogP contribution in [-0.2, 0) is 0 Å². The van der Waals surface area contributed by atoms with Crippen molar-refractivity contribution in [3.8, 4) is 0 Å². The molecule has 0 spiro atoms. The Kier molecular flexibility index (Phi) is 3.02. The van der Waals surface area contributed by atoms with Crippen molar-refractivity contribution in [3.05, 3.63) is 21.1 Å². The van der Waals surface area contributed by atoms with Crippen molar-refractivity contribution in [1.82, 2.24) is 15.1 Å². The minimum absolute atomic E-state index is 0.0804. The molecule has 1 aromatic rings. The molecule has 1 amide bonds. The minimum Gasteiger partial charge on any atom is -0.332 e. The topological polar surface area (TPSA) is 46.1 Å². The second kappa shape index (κ2) is 4.28. The molecule has 0 bridgehead atoms. The molecule has 0 N–H and O–H groups in total. The molecule has 6 heteroatoms. The zero-order valence-electron chi connectivity index (χ0n) is 8.23. The van der Waals surface area contributed by atoms with E-state index in [9.17, 15) is 4.79 Å².